The Morgan fingerprint density at radius 3 is 2.60 bits per heavy atom. The number of halogens is 2. The van der Waals surface area contributed by atoms with E-state index < -0.39 is 10.0 Å². The number of aryl methyl sites for hydroxylation is 1. The van der Waals surface area contributed by atoms with Crippen LogP contribution in [0.3, 0.4) is 0 Å². The van der Waals surface area contributed by atoms with Gasteiger partial charge in [0.2, 0.25) is 5.03 Å². The van der Waals surface area contributed by atoms with Crippen LogP contribution < -0.4 is 4.72 Å². The van der Waals surface area contributed by atoms with E-state index in [0.29, 0.717) is 5.56 Å². The third kappa shape index (κ3) is 2.72. The van der Waals surface area contributed by atoms with Gasteiger partial charge in [-0.25, -0.2) is 4.98 Å². The van der Waals surface area contributed by atoms with Gasteiger partial charge in [-0.2, -0.15) is 13.7 Å². The first-order valence-electron chi connectivity index (χ1n) is 5.24. The lowest BCUT2D eigenvalue weighted by Crippen LogP contribution is -2.14. The van der Waals surface area contributed by atoms with Gasteiger partial charge in [-0.1, -0.05) is 23.2 Å². The highest BCUT2D eigenvalue weighted by atomic mass is 35.5. The van der Waals surface area contributed by atoms with Crippen molar-refractivity contribution >= 4 is 38.9 Å². The second kappa shape index (κ2) is 5.32. The van der Waals surface area contributed by atoms with Crippen LogP contribution >= 0.6 is 23.2 Å². The summed E-state index contributed by atoms with van der Waals surface area (Å²) in [7, 11) is -2.37. The minimum atomic E-state index is -3.95. The number of sulfonamides is 1. The number of hydrogen-bond donors (Lipinski definition) is 1. The summed E-state index contributed by atoms with van der Waals surface area (Å²) < 4.78 is 27.9. The number of benzene rings is 1. The van der Waals surface area contributed by atoms with Gasteiger partial charge in [0, 0.05) is 7.05 Å². The van der Waals surface area contributed by atoms with E-state index in [4.69, 9.17) is 28.5 Å². The number of imidazole rings is 1. The Bertz CT molecular complexity index is 808. The van der Waals surface area contributed by atoms with Crippen LogP contribution in [0.2, 0.25) is 10.2 Å². The Balaban J connectivity index is 2.39. The van der Waals surface area contributed by atoms with E-state index in [-0.39, 0.29) is 20.9 Å². The van der Waals surface area contributed by atoms with Crippen LogP contribution in [0.15, 0.2) is 29.6 Å². The van der Waals surface area contributed by atoms with Gasteiger partial charge in [0.25, 0.3) is 10.0 Å². The fraction of sp³-hybridized carbons (Fsp3) is 0.0909. The largest absolute Gasteiger partial charge is 0.324 e. The molecule has 9 heteroatoms. The number of nitrogens with one attached hydrogen (secondary N) is 1. The molecule has 2 rings (SSSR count). The third-order valence-electron chi connectivity index (χ3n) is 2.43. The van der Waals surface area contributed by atoms with Crippen molar-refractivity contribution in [3.8, 4) is 6.07 Å². The van der Waals surface area contributed by atoms with Gasteiger partial charge in [-0.05, 0) is 18.2 Å². The molecule has 1 aromatic carbocycles. The number of aromatic nitrogens is 2. The fourth-order valence-electron chi connectivity index (χ4n) is 1.43. The zero-order valence-corrected chi connectivity index (χ0v) is 12.5. The summed E-state index contributed by atoms with van der Waals surface area (Å²) in [5.41, 5.74) is 0.473. The standard InChI is InChI=1S/C11H8Cl2N4O2S/c1-17-6-15-11(10(17)13)20(18,19)16-9-3-2-7(5-14)4-8(9)12/h2-4,6,16H,1H3. The summed E-state index contributed by atoms with van der Waals surface area (Å²) in [6.07, 6.45) is 1.29. The van der Waals surface area contributed by atoms with Gasteiger partial charge in [0.1, 0.15) is 5.15 Å². The highest BCUT2D eigenvalue weighted by molar-refractivity contribution is 7.92. The Morgan fingerprint density at radius 1 is 1.40 bits per heavy atom. The van der Waals surface area contributed by atoms with Gasteiger partial charge >= 0.3 is 0 Å². The predicted molar refractivity (Wildman–Crippen MR) is 75.2 cm³/mol. The zero-order chi connectivity index (χ0) is 14.9. The van der Waals surface area contributed by atoms with Crippen LogP contribution in [0.1, 0.15) is 5.56 Å². The maximum absolute atomic E-state index is 12.1. The van der Waals surface area contributed by atoms with Gasteiger partial charge < -0.3 is 4.57 Å². The number of nitrogens with zero attached hydrogens (tertiary/aromatic N) is 3. The van der Waals surface area contributed by atoms with Crippen LogP contribution in [-0.2, 0) is 17.1 Å². The Morgan fingerprint density at radius 2 is 2.10 bits per heavy atom. The van der Waals surface area contributed by atoms with Crippen LogP contribution in [-0.4, -0.2) is 18.0 Å². The molecule has 0 unspecified atom stereocenters. The summed E-state index contributed by atoms with van der Waals surface area (Å²) in [6, 6.07) is 6.11. The van der Waals surface area contributed by atoms with Crippen LogP contribution in [0.5, 0.6) is 0 Å². The quantitative estimate of drug-likeness (QED) is 0.935. The first-order chi connectivity index (χ1) is 9.35. The molecule has 1 aromatic heterocycles. The summed E-state index contributed by atoms with van der Waals surface area (Å²) in [6.45, 7) is 0. The molecule has 0 spiro atoms. The van der Waals surface area contributed by atoms with Crippen molar-refractivity contribution in [3.63, 3.8) is 0 Å². The smallest absolute Gasteiger partial charge is 0.282 e. The van der Waals surface area contributed by atoms with Crippen molar-refractivity contribution in [2.75, 3.05) is 4.72 Å². The molecule has 0 bridgehead atoms. The van der Waals surface area contributed by atoms with Crippen molar-refractivity contribution in [1.29, 1.82) is 5.26 Å². The molecule has 0 atom stereocenters. The van der Waals surface area contributed by atoms with E-state index in [0.717, 1.165) is 0 Å². The Labute approximate surface area is 125 Å². The molecule has 20 heavy (non-hydrogen) atoms. The number of hydrogen-bond acceptors (Lipinski definition) is 4. The molecule has 0 aliphatic rings. The maximum Gasteiger partial charge on any atom is 0.282 e. The average Bonchev–Trinajstić information content (AvgIpc) is 2.73. The molecule has 0 saturated carbocycles. The minimum Gasteiger partial charge on any atom is -0.324 e. The summed E-state index contributed by atoms with van der Waals surface area (Å²) in [5, 5.41) is 8.53. The normalized spacial score (nSPS) is 11.1. The molecule has 1 N–H and O–H groups in total. The highest BCUT2D eigenvalue weighted by Gasteiger charge is 2.23. The SMILES string of the molecule is Cn1cnc(S(=O)(=O)Nc2ccc(C#N)cc2Cl)c1Cl. The molecule has 0 saturated heterocycles. The molecule has 0 radical (unpaired) electrons. The second-order valence-electron chi connectivity index (χ2n) is 3.86. The average molecular weight is 331 g/mol. The van der Waals surface area contributed by atoms with Crippen molar-refractivity contribution < 1.29 is 8.42 Å². The van der Waals surface area contributed by atoms with Gasteiger partial charge in [-0.3, -0.25) is 4.72 Å². The maximum atomic E-state index is 12.1. The summed E-state index contributed by atoms with van der Waals surface area (Å²) in [5.74, 6) is 0. The van der Waals surface area contributed by atoms with Crippen LogP contribution in [0.4, 0.5) is 5.69 Å². The van der Waals surface area contributed by atoms with E-state index >= 15 is 0 Å². The van der Waals surface area contributed by atoms with E-state index in [9.17, 15) is 8.42 Å². The fourth-order valence-corrected chi connectivity index (χ4v) is 3.23. The van der Waals surface area contributed by atoms with Crippen LogP contribution in [0.25, 0.3) is 0 Å². The third-order valence-corrected chi connectivity index (χ3v) is 4.60. The number of anilines is 1. The van der Waals surface area contributed by atoms with E-state index in [1.807, 2.05) is 6.07 Å². The molecule has 0 aliphatic carbocycles. The lowest BCUT2D eigenvalue weighted by Gasteiger charge is -2.08. The first-order valence-corrected chi connectivity index (χ1v) is 7.48. The summed E-state index contributed by atoms with van der Waals surface area (Å²) in [4.78, 5) is 3.73. The van der Waals surface area contributed by atoms with E-state index in [1.54, 1.807) is 7.05 Å². The van der Waals surface area contributed by atoms with Gasteiger partial charge in [-0.15, -0.1) is 0 Å². The molecule has 0 fully saturated rings. The Kier molecular flexibility index (Phi) is 3.90. The van der Waals surface area contributed by atoms with Crippen molar-refractivity contribution in [3.05, 3.63) is 40.3 Å². The monoisotopic (exact) mass is 330 g/mol. The second-order valence-corrected chi connectivity index (χ2v) is 6.23. The van der Waals surface area contributed by atoms with Gasteiger partial charge in [0.15, 0.2) is 0 Å². The molecule has 2 aromatic rings. The predicted octanol–water partition coefficient (Wildman–Crippen LogP) is 2.40. The zero-order valence-electron chi connectivity index (χ0n) is 10.1. The molecule has 6 nitrogen and oxygen atoms in total. The first kappa shape index (κ1) is 14.7. The van der Waals surface area contributed by atoms with Crippen molar-refractivity contribution in [2.24, 2.45) is 7.05 Å². The van der Waals surface area contributed by atoms with Gasteiger partial charge in [0.05, 0.1) is 28.7 Å². The minimum absolute atomic E-state index is 0.0118. The summed E-state index contributed by atoms with van der Waals surface area (Å²) >= 11 is 11.8. The molecule has 104 valence electrons. The van der Waals surface area contributed by atoms with Crippen LogP contribution in [0, 0.1) is 11.3 Å². The van der Waals surface area contributed by atoms with E-state index in [2.05, 4.69) is 9.71 Å². The molecule has 0 amide bonds. The molecule has 1 heterocycles. The lowest BCUT2D eigenvalue weighted by atomic mass is 10.2. The van der Waals surface area contributed by atoms with E-state index in [1.165, 1.54) is 29.1 Å². The topological polar surface area (TPSA) is 87.8 Å². The molecule has 0 aliphatic heterocycles. The number of rotatable bonds is 3. The van der Waals surface area contributed by atoms with Crippen molar-refractivity contribution in [1.82, 2.24) is 9.55 Å². The lowest BCUT2D eigenvalue weighted by molar-refractivity contribution is 0.598. The highest BCUT2D eigenvalue weighted by Crippen LogP contribution is 2.27. The Hall–Kier alpha value is -1.75. The molecular weight excluding hydrogens is 323 g/mol. The van der Waals surface area contributed by atoms with Crippen molar-refractivity contribution in [2.45, 2.75) is 5.03 Å². The molecular formula is C11H8Cl2N4O2S. The number of nitriles is 1.